The highest BCUT2D eigenvalue weighted by Gasteiger charge is 2.45. The molecule has 4 aliphatic carbocycles. The van der Waals surface area contributed by atoms with Gasteiger partial charge >= 0.3 is 0 Å². The number of aromatic hydroxyl groups is 2. The molecule has 13 bridgehead atoms. The molecule has 11 rings (SSSR count). The lowest BCUT2D eigenvalue weighted by molar-refractivity contribution is -0.142. The molecule has 5 aromatic rings. The van der Waals surface area contributed by atoms with E-state index in [4.69, 9.17) is 4.74 Å². The van der Waals surface area contributed by atoms with Gasteiger partial charge in [-0.25, -0.2) is 0 Å². The molecular weight excluding hydrogens is 1020 g/mol. The molecule has 2 saturated carbocycles. The molecule has 0 unspecified atom stereocenters. The molecule has 6 aliphatic rings. The van der Waals surface area contributed by atoms with Crippen LogP contribution in [-0.2, 0) is 28.9 Å². The molecule has 0 saturated heterocycles. The molecule has 82 heavy (non-hydrogen) atoms. The number of benzene rings is 4. The van der Waals surface area contributed by atoms with Gasteiger partial charge in [-0.1, -0.05) is 93.5 Å². The Balaban J connectivity index is 1.10. The Morgan fingerprint density at radius 3 is 2.44 bits per heavy atom. The average molecular weight is 1110 g/mol. The molecule has 12 heteroatoms. The van der Waals surface area contributed by atoms with Gasteiger partial charge in [0.1, 0.15) is 11.6 Å². The van der Waals surface area contributed by atoms with E-state index in [1.165, 1.54) is 12.7 Å². The summed E-state index contributed by atoms with van der Waals surface area (Å²) in [6, 6.07) is 24.0. The first kappa shape index (κ1) is 57.0. The fourth-order valence-corrected chi connectivity index (χ4v) is 15.1. The van der Waals surface area contributed by atoms with Gasteiger partial charge in [-0.15, -0.1) is 5.92 Å². The van der Waals surface area contributed by atoms with E-state index in [9.17, 15) is 30.3 Å². The Morgan fingerprint density at radius 2 is 1.61 bits per heavy atom. The third-order valence-electron chi connectivity index (χ3n) is 19.3. The quantitative estimate of drug-likeness (QED) is 0.0616. The Hall–Kier alpha value is -6.80. The first-order chi connectivity index (χ1) is 39.7. The number of ether oxygens (including phenoxy) is 1. The highest BCUT2D eigenvalue weighted by Crippen LogP contribution is 2.49. The lowest BCUT2D eigenvalue weighted by Gasteiger charge is -2.35. The van der Waals surface area contributed by atoms with Gasteiger partial charge < -0.3 is 51.2 Å². The summed E-state index contributed by atoms with van der Waals surface area (Å²) in [6.45, 7) is 8.09. The Bertz CT molecular complexity index is 3370. The number of rotatable bonds is 3. The smallest absolute Gasteiger partial charge is 0.173 e. The number of β-amino-alcohol motifs (C(OH)–C–C–N with tert-alkyl or cyclic N) is 1. The van der Waals surface area contributed by atoms with Gasteiger partial charge in [0.25, 0.3) is 0 Å². The van der Waals surface area contributed by atoms with E-state index in [1.807, 2.05) is 36.5 Å². The molecular formula is C70H82N4O8. The molecule has 2 aliphatic heterocycles. The lowest BCUT2D eigenvalue weighted by Crippen LogP contribution is -2.40. The number of carbonyl (C=O) groups excluding carboxylic acids is 2. The Labute approximate surface area is 483 Å². The molecule has 4 aromatic carbocycles. The van der Waals surface area contributed by atoms with Crippen molar-refractivity contribution in [1.82, 2.24) is 15.6 Å². The van der Waals surface area contributed by atoms with Gasteiger partial charge in [0.05, 0.1) is 25.2 Å². The molecule has 430 valence electrons. The van der Waals surface area contributed by atoms with Crippen LogP contribution in [0, 0.1) is 71.0 Å². The van der Waals surface area contributed by atoms with Crippen molar-refractivity contribution in [2.45, 2.75) is 140 Å². The fourth-order valence-electron chi connectivity index (χ4n) is 15.1. The highest BCUT2D eigenvalue weighted by atomic mass is 16.5. The van der Waals surface area contributed by atoms with Gasteiger partial charge in [-0.2, -0.15) is 0 Å². The van der Waals surface area contributed by atoms with Gasteiger partial charge in [0.15, 0.2) is 29.2 Å². The average Bonchev–Trinajstić information content (AvgIpc) is 3.95. The molecule has 9 N–H and O–H groups in total. The lowest BCUT2D eigenvalue weighted by atomic mass is 9.70. The predicted molar refractivity (Wildman–Crippen MR) is 321 cm³/mol. The number of aromatic nitrogens is 1. The highest BCUT2D eigenvalue weighted by molar-refractivity contribution is 6.06. The van der Waals surface area contributed by atoms with Gasteiger partial charge in [0, 0.05) is 86.0 Å². The summed E-state index contributed by atoms with van der Waals surface area (Å²) in [4.78, 5) is 33.4. The number of phenolic OH excluding ortho intramolecular Hbond substituents is 2. The number of aliphatic hydroxyl groups is 3. The molecule has 3 heterocycles. The largest absolute Gasteiger partial charge is 0.507 e. The fraction of sp³-hybridized carbons (Fsp3) is 0.486. The first-order valence-electron chi connectivity index (χ1n) is 30.3. The van der Waals surface area contributed by atoms with Crippen LogP contribution in [0.4, 0.5) is 5.69 Å². The number of H-pyrrole nitrogens is 1. The maximum Gasteiger partial charge on any atom is 0.173 e. The Kier molecular flexibility index (Phi) is 17.4. The van der Waals surface area contributed by atoms with E-state index in [1.54, 1.807) is 12.1 Å². The van der Waals surface area contributed by atoms with Crippen LogP contribution < -0.4 is 20.7 Å². The number of aryl methyl sites for hydroxylation is 1. The number of dihydropyridines is 1. The van der Waals surface area contributed by atoms with Crippen LogP contribution in [-0.4, -0.2) is 87.1 Å². The third kappa shape index (κ3) is 12.3. The van der Waals surface area contributed by atoms with Crippen LogP contribution >= 0.6 is 0 Å². The van der Waals surface area contributed by atoms with E-state index in [-0.39, 0.29) is 77.9 Å². The SMILES string of the molecule is CCC[C@@H]1[C@@H]2C[C@@H]3C[C@@H]4C#C[C@@H](c5cc(O)c(OC)cc5CCC(=O)[C@H](O)C(=O)[C@H]4C2)c2ccccc2[C@@H]2C[C@@H](C)C[C@H](C#CC[C@H]3C3=CCNC(=C3)Nc3ccc4ccc(c(O)c4c3)C[C@@H](O)CNC[C@H](C)c3c[nH]c(c3)C[C@H]1O)C2. The van der Waals surface area contributed by atoms with Crippen molar-refractivity contribution in [1.29, 1.82) is 0 Å². The normalized spacial score (nSPS) is 30.7. The monoisotopic (exact) mass is 1110 g/mol. The number of hydrogen-bond acceptors (Lipinski definition) is 11. The van der Waals surface area contributed by atoms with E-state index >= 15 is 4.79 Å². The zero-order chi connectivity index (χ0) is 57.2. The van der Waals surface area contributed by atoms with Crippen molar-refractivity contribution in [2.24, 2.45) is 47.3 Å². The number of hydrogen-bond donors (Lipinski definition) is 9. The second kappa shape index (κ2) is 25.0. The standard InChI is InChI=1S/C70H82N4O8/c1-5-9-57-50-28-49-27-44-17-20-59(60-36-65(78)66(82-4)32-45(60)18-21-63(76)70(81)69(80)61(44)31-50)58-12-7-6-11-56(58)48-25-40(2)24-42(26-48)10-8-13-55(49)46-22-23-72-67(33-46)74-52-19-16-43-14-15-47(68(79)62(43)34-52)30-54(75)39-71-37-41(3)51-29-53(73-38-51)35-64(57)77/h6-7,11-12,14-16,19,22,29,32-34,36,38,40-42,44,48-50,54-55,57,59,61,64,70-75,77-79,81H,5,9,13,18,21,23-28,30-31,35,37,39H2,1-4H3/t40-,41-,42-,44-,48+,49-,50+,54+,55-,57+,59+,61-,64+,70-/m0/s1. The summed E-state index contributed by atoms with van der Waals surface area (Å²) < 4.78 is 5.66. The summed E-state index contributed by atoms with van der Waals surface area (Å²) in [5.41, 5.74) is 8.29. The van der Waals surface area contributed by atoms with Crippen LogP contribution in [0.3, 0.4) is 0 Å². The van der Waals surface area contributed by atoms with E-state index in [2.05, 4.69) is 108 Å². The molecule has 0 radical (unpaired) electrons. The number of Topliss-reactive ketones (excluding diaryl/α,β-unsaturated/α-hetero) is 2. The molecule has 14 atom stereocenters. The first-order valence-corrected chi connectivity index (χ1v) is 30.3. The summed E-state index contributed by atoms with van der Waals surface area (Å²) in [5, 5.41) is 71.7. The van der Waals surface area contributed by atoms with Crippen LogP contribution in [0.2, 0.25) is 0 Å². The molecule has 0 amide bonds. The number of anilines is 1. The topological polar surface area (TPSA) is 196 Å². The van der Waals surface area contributed by atoms with Gasteiger partial charge in [-0.05, 0) is 174 Å². The minimum atomic E-state index is -1.87. The van der Waals surface area contributed by atoms with Crippen LogP contribution in [0.25, 0.3) is 10.8 Å². The summed E-state index contributed by atoms with van der Waals surface area (Å²) in [5.74, 6) is 13.6. The zero-order valence-electron chi connectivity index (χ0n) is 48.0. The maximum absolute atomic E-state index is 15.5. The van der Waals surface area contributed by atoms with Gasteiger partial charge in [0.2, 0.25) is 0 Å². The molecule has 1 aromatic heterocycles. The number of fused-ring (bicyclic) bond motifs is 15. The molecule has 2 fully saturated rings. The summed E-state index contributed by atoms with van der Waals surface area (Å²) >= 11 is 0. The number of methoxy groups -OCH3 is 1. The maximum atomic E-state index is 15.5. The second-order valence-corrected chi connectivity index (χ2v) is 25.0. The summed E-state index contributed by atoms with van der Waals surface area (Å²) in [6.07, 6.45) is 10.2. The van der Waals surface area contributed by atoms with Crippen molar-refractivity contribution in [3.05, 3.63) is 142 Å². The third-order valence-corrected chi connectivity index (χ3v) is 19.3. The van der Waals surface area contributed by atoms with E-state index in [0.29, 0.717) is 75.0 Å². The number of carbonyl (C=O) groups is 2. The van der Waals surface area contributed by atoms with Crippen molar-refractivity contribution < 1.29 is 39.9 Å². The number of phenols is 2. The number of ketones is 2. The predicted octanol–water partition coefficient (Wildman–Crippen LogP) is 10.5. The number of allylic oxidation sites excluding steroid dienone is 2. The number of aliphatic hydroxyl groups excluding tert-OH is 3. The number of aromatic amines is 1. The van der Waals surface area contributed by atoms with Gasteiger partial charge in [-0.3, -0.25) is 9.59 Å². The zero-order valence-corrected chi connectivity index (χ0v) is 48.0. The Morgan fingerprint density at radius 1 is 0.780 bits per heavy atom. The van der Waals surface area contributed by atoms with Crippen molar-refractivity contribution >= 4 is 28.0 Å². The van der Waals surface area contributed by atoms with Crippen LogP contribution in [0.5, 0.6) is 17.2 Å². The number of nitrogens with one attached hydrogen (secondary N) is 4. The van der Waals surface area contributed by atoms with Crippen molar-refractivity contribution in [3.8, 4) is 40.9 Å². The van der Waals surface area contributed by atoms with Crippen molar-refractivity contribution in [2.75, 3.05) is 32.1 Å². The molecule has 12 nitrogen and oxygen atoms in total. The van der Waals surface area contributed by atoms with Crippen LogP contribution in [0.1, 0.15) is 142 Å². The van der Waals surface area contributed by atoms with Crippen LogP contribution in [0.15, 0.2) is 103 Å². The minimum absolute atomic E-state index is 0.0294. The summed E-state index contributed by atoms with van der Waals surface area (Å²) in [7, 11) is 1.50. The van der Waals surface area contributed by atoms with Crippen molar-refractivity contribution in [3.63, 3.8) is 0 Å². The molecule has 0 spiro atoms. The minimum Gasteiger partial charge on any atom is -0.507 e. The van der Waals surface area contributed by atoms with E-state index in [0.717, 1.165) is 76.1 Å². The van der Waals surface area contributed by atoms with E-state index < -0.39 is 47.6 Å². The second-order valence-electron chi connectivity index (χ2n) is 25.0.